The fraction of sp³-hybridized carbons (Fsp3) is 0.0455. The van der Waals surface area contributed by atoms with Gasteiger partial charge in [-0.1, -0.05) is 48.5 Å². The molecule has 0 spiro atoms. The van der Waals surface area contributed by atoms with E-state index in [2.05, 4.69) is 10.3 Å². The highest BCUT2D eigenvalue weighted by molar-refractivity contribution is 5.95. The molecule has 1 aromatic heterocycles. The third-order valence-corrected chi connectivity index (χ3v) is 4.44. The molecule has 0 aliphatic carbocycles. The molecule has 0 atom stereocenters. The molecule has 7 heteroatoms. The van der Waals surface area contributed by atoms with Crippen molar-refractivity contribution >= 4 is 22.5 Å². The average Bonchev–Trinajstić information content (AvgIpc) is 2.73. The van der Waals surface area contributed by atoms with Crippen molar-refractivity contribution < 1.29 is 13.6 Å². The summed E-state index contributed by atoms with van der Waals surface area (Å²) in [6.45, 7) is -0.319. The van der Waals surface area contributed by atoms with Gasteiger partial charge in [0.25, 0.3) is 0 Å². The highest BCUT2D eigenvalue weighted by Crippen LogP contribution is 2.25. The van der Waals surface area contributed by atoms with E-state index in [4.69, 9.17) is 0 Å². The molecule has 0 aliphatic rings. The zero-order chi connectivity index (χ0) is 20.4. The molecule has 0 fully saturated rings. The number of para-hydroxylation sites is 1. The lowest BCUT2D eigenvalue weighted by molar-refractivity contribution is -0.116. The number of rotatable bonds is 4. The van der Waals surface area contributed by atoms with Crippen LogP contribution in [0, 0.1) is 11.6 Å². The van der Waals surface area contributed by atoms with Crippen LogP contribution < -0.4 is 11.0 Å². The quantitative estimate of drug-likeness (QED) is 0.572. The molecule has 0 bridgehead atoms. The molecule has 0 aliphatic heterocycles. The Kier molecular flexibility index (Phi) is 4.87. The SMILES string of the molecule is O=C(Cn1c(=O)nc(-c2ccccc2)c2ccccc21)Nc1ccc(F)c(F)c1. The Hall–Kier alpha value is -3.87. The number of hydrogen-bond acceptors (Lipinski definition) is 3. The number of anilines is 1. The predicted octanol–water partition coefficient (Wildman–Crippen LogP) is 3.98. The topological polar surface area (TPSA) is 64.0 Å². The van der Waals surface area contributed by atoms with Crippen molar-refractivity contribution in [2.75, 3.05) is 5.32 Å². The van der Waals surface area contributed by atoms with Crippen molar-refractivity contribution in [3.05, 3.63) is 94.9 Å². The van der Waals surface area contributed by atoms with Crippen molar-refractivity contribution in [3.63, 3.8) is 0 Å². The van der Waals surface area contributed by atoms with Gasteiger partial charge in [-0.2, -0.15) is 4.98 Å². The Bertz CT molecular complexity index is 1270. The lowest BCUT2D eigenvalue weighted by atomic mass is 10.1. The number of aromatic nitrogens is 2. The number of nitrogens with one attached hydrogen (secondary N) is 1. The summed E-state index contributed by atoms with van der Waals surface area (Å²) in [5.74, 6) is -2.64. The van der Waals surface area contributed by atoms with Gasteiger partial charge in [0.2, 0.25) is 5.91 Å². The molecule has 0 radical (unpaired) electrons. The summed E-state index contributed by atoms with van der Waals surface area (Å²) in [6.07, 6.45) is 0. The van der Waals surface area contributed by atoms with Gasteiger partial charge in [0.05, 0.1) is 11.2 Å². The van der Waals surface area contributed by atoms with Crippen LogP contribution in [0.1, 0.15) is 0 Å². The zero-order valence-corrected chi connectivity index (χ0v) is 15.1. The Morgan fingerprint density at radius 2 is 1.66 bits per heavy atom. The maximum Gasteiger partial charge on any atom is 0.349 e. The molecule has 3 aromatic carbocycles. The minimum atomic E-state index is -1.07. The third-order valence-electron chi connectivity index (χ3n) is 4.44. The lowest BCUT2D eigenvalue weighted by Gasteiger charge is -2.13. The van der Waals surface area contributed by atoms with Crippen molar-refractivity contribution in [1.82, 2.24) is 9.55 Å². The molecule has 1 N–H and O–H groups in total. The van der Waals surface area contributed by atoms with Gasteiger partial charge in [0.1, 0.15) is 6.54 Å². The maximum atomic E-state index is 13.3. The molecule has 1 heterocycles. The molecule has 0 unspecified atom stereocenters. The average molecular weight is 391 g/mol. The Morgan fingerprint density at radius 3 is 2.41 bits per heavy atom. The molecule has 5 nitrogen and oxygen atoms in total. The normalized spacial score (nSPS) is 10.8. The first-order valence-electron chi connectivity index (χ1n) is 8.83. The van der Waals surface area contributed by atoms with Gasteiger partial charge in [0.15, 0.2) is 11.6 Å². The first-order valence-corrected chi connectivity index (χ1v) is 8.83. The van der Waals surface area contributed by atoms with Crippen LogP contribution in [-0.2, 0) is 11.3 Å². The molecule has 4 rings (SSSR count). The maximum absolute atomic E-state index is 13.3. The minimum absolute atomic E-state index is 0.0973. The second-order valence-electron chi connectivity index (χ2n) is 6.39. The molecular weight excluding hydrogens is 376 g/mol. The highest BCUT2D eigenvalue weighted by atomic mass is 19.2. The fourth-order valence-electron chi connectivity index (χ4n) is 3.12. The van der Waals surface area contributed by atoms with E-state index in [1.807, 2.05) is 42.5 Å². The Labute approximate surface area is 164 Å². The smallest absolute Gasteiger partial charge is 0.324 e. The van der Waals surface area contributed by atoms with Gasteiger partial charge < -0.3 is 5.32 Å². The predicted molar refractivity (Wildman–Crippen MR) is 106 cm³/mol. The van der Waals surface area contributed by atoms with Crippen LogP contribution in [0.2, 0.25) is 0 Å². The molecular formula is C22H15F2N3O2. The number of halogens is 2. The van der Waals surface area contributed by atoms with E-state index in [9.17, 15) is 18.4 Å². The summed E-state index contributed by atoms with van der Waals surface area (Å²) in [7, 11) is 0. The second-order valence-corrected chi connectivity index (χ2v) is 6.39. The number of nitrogens with zero attached hydrogens (tertiary/aromatic N) is 2. The summed E-state index contributed by atoms with van der Waals surface area (Å²) in [4.78, 5) is 29.3. The highest BCUT2D eigenvalue weighted by Gasteiger charge is 2.14. The number of hydrogen-bond donors (Lipinski definition) is 1. The van der Waals surface area contributed by atoms with Gasteiger partial charge >= 0.3 is 5.69 Å². The first kappa shape index (κ1) is 18.5. The standard InChI is InChI=1S/C22H15F2N3O2/c23-17-11-10-15(12-18(17)24)25-20(28)13-27-19-9-5-4-8-16(19)21(26-22(27)29)14-6-2-1-3-7-14/h1-12H,13H2,(H,25,28). The third kappa shape index (κ3) is 3.75. The summed E-state index contributed by atoms with van der Waals surface area (Å²) < 4.78 is 27.6. The minimum Gasteiger partial charge on any atom is -0.324 e. The van der Waals surface area contributed by atoms with Gasteiger partial charge in [-0.15, -0.1) is 0 Å². The summed E-state index contributed by atoms with van der Waals surface area (Å²) in [6, 6.07) is 19.5. The largest absolute Gasteiger partial charge is 0.349 e. The molecule has 0 saturated carbocycles. The number of benzene rings is 3. The van der Waals surface area contributed by atoms with Gasteiger partial charge in [-0.05, 0) is 18.2 Å². The Morgan fingerprint density at radius 1 is 0.931 bits per heavy atom. The van der Waals surface area contributed by atoms with Crippen molar-refractivity contribution in [2.45, 2.75) is 6.54 Å². The number of carbonyl (C=O) groups is 1. The van der Waals surface area contributed by atoms with E-state index >= 15 is 0 Å². The van der Waals surface area contributed by atoms with Crippen molar-refractivity contribution in [2.24, 2.45) is 0 Å². The van der Waals surface area contributed by atoms with E-state index in [-0.39, 0.29) is 12.2 Å². The van der Waals surface area contributed by atoms with Gasteiger partial charge in [-0.25, -0.2) is 13.6 Å². The zero-order valence-electron chi connectivity index (χ0n) is 15.1. The van der Waals surface area contributed by atoms with Crippen LogP contribution in [0.25, 0.3) is 22.2 Å². The number of carbonyl (C=O) groups excluding carboxylic acids is 1. The molecule has 4 aromatic rings. The summed E-state index contributed by atoms with van der Waals surface area (Å²) in [5, 5.41) is 3.18. The monoisotopic (exact) mass is 391 g/mol. The molecule has 0 saturated heterocycles. The second kappa shape index (κ2) is 7.63. The molecule has 29 heavy (non-hydrogen) atoms. The van der Waals surface area contributed by atoms with E-state index in [1.165, 1.54) is 10.6 Å². The van der Waals surface area contributed by atoms with Crippen molar-refractivity contribution in [1.29, 1.82) is 0 Å². The van der Waals surface area contributed by atoms with Crippen LogP contribution in [-0.4, -0.2) is 15.5 Å². The number of fused-ring (bicyclic) bond motifs is 1. The number of amides is 1. The fourth-order valence-corrected chi connectivity index (χ4v) is 3.12. The van der Waals surface area contributed by atoms with Crippen LogP contribution in [0.4, 0.5) is 14.5 Å². The van der Waals surface area contributed by atoms with Crippen LogP contribution in [0.5, 0.6) is 0 Å². The van der Waals surface area contributed by atoms with E-state index in [0.717, 1.165) is 23.1 Å². The molecule has 1 amide bonds. The first-order chi connectivity index (χ1) is 14.0. The Balaban J connectivity index is 1.71. The van der Waals surface area contributed by atoms with Gasteiger partial charge in [0, 0.05) is 22.7 Å². The van der Waals surface area contributed by atoms with E-state index in [1.54, 1.807) is 12.1 Å². The van der Waals surface area contributed by atoms with Crippen LogP contribution >= 0.6 is 0 Å². The van der Waals surface area contributed by atoms with Crippen LogP contribution in [0.15, 0.2) is 77.6 Å². The van der Waals surface area contributed by atoms with E-state index in [0.29, 0.717) is 11.2 Å². The summed E-state index contributed by atoms with van der Waals surface area (Å²) >= 11 is 0. The molecule has 144 valence electrons. The van der Waals surface area contributed by atoms with Gasteiger partial charge in [-0.3, -0.25) is 9.36 Å². The summed E-state index contributed by atoms with van der Waals surface area (Å²) in [5.41, 5.74) is 1.39. The lowest BCUT2D eigenvalue weighted by Crippen LogP contribution is -2.30. The van der Waals surface area contributed by atoms with E-state index < -0.39 is 23.2 Å². The van der Waals surface area contributed by atoms with Crippen molar-refractivity contribution in [3.8, 4) is 11.3 Å². The van der Waals surface area contributed by atoms with Crippen LogP contribution in [0.3, 0.4) is 0 Å².